The first kappa shape index (κ1) is 18.2. The van der Waals surface area contributed by atoms with E-state index in [1.807, 2.05) is 30.3 Å². The highest BCUT2D eigenvalue weighted by molar-refractivity contribution is 5.98. The molecular formula is C23H22N2O3. The molecule has 3 aromatic rings. The number of pyridine rings is 1. The molecule has 2 heterocycles. The van der Waals surface area contributed by atoms with Gasteiger partial charge in [-0.05, 0) is 49.2 Å². The van der Waals surface area contributed by atoms with Gasteiger partial charge in [0, 0.05) is 30.0 Å². The number of aromatic nitrogens is 1. The monoisotopic (exact) mass is 374 g/mol. The van der Waals surface area contributed by atoms with E-state index in [2.05, 4.69) is 4.98 Å². The first-order chi connectivity index (χ1) is 13.7. The van der Waals surface area contributed by atoms with Gasteiger partial charge in [-0.25, -0.2) is 4.98 Å². The van der Waals surface area contributed by atoms with Gasteiger partial charge >= 0.3 is 0 Å². The third-order valence-electron chi connectivity index (χ3n) is 5.35. The van der Waals surface area contributed by atoms with Crippen LogP contribution in [0, 0.1) is 5.92 Å². The number of ketones is 1. The molecule has 1 saturated heterocycles. The number of piperidine rings is 1. The van der Waals surface area contributed by atoms with E-state index < -0.39 is 0 Å². The van der Waals surface area contributed by atoms with Gasteiger partial charge in [0.2, 0.25) is 0 Å². The van der Waals surface area contributed by atoms with Crippen LogP contribution < -0.4 is 4.74 Å². The van der Waals surface area contributed by atoms with Gasteiger partial charge in [-0.3, -0.25) is 9.59 Å². The normalized spacial score (nSPS) is 14.8. The number of nitrogens with zero attached hydrogens (tertiary/aromatic N) is 2. The SMILES string of the molecule is COc1ccc(C(=O)C2CCN(C(=O)c3ccc4ccccc4n3)CC2)cc1. The third-order valence-corrected chi connectivity index (χ3v) is 5.35. The number of likely N-dealkylation sites (tertiary alicyclic amines) is 1. The standard InChI is InChI=1S/C23H22N2O3/c1-28-19-9-6-17(7-10-19)22(26)18-12-14-25(15-13-18)23(27)21-11-8-16-4-2-3-5-20(16)24-21/h2-11,18H,12-15H2,1H3. The van der Waals surface area contributed by atoms with Crippen LogP contribution in [0.3, 0.4) is 0 Å². The molecule has 2 aromatic carbocycles. The molecule has 1 aliphatic heterocycles. The zero-order valence-electron chi connectivity index (χ0n) is 15.8. The summed E-state index contributed by atoms with van der Waals surface area (Å²) in [5.41, 5.74) is 1.97. The predicted octanol–water partition coefficient (Wildman–Crippen LogP) is 3.98. The fourth-order valence-electron chi connectivity index (χ4n) is 3.68. The number of rotatable bonds is 4. The number of carbonyl (C=O) groups is 2. The van der Waals surface area contributed by atoms with E-state index in [9.17, 15) is 9.59 Å². The summed E-state index contributed by atoms with van der Waals surface area (Å²) in [5, 5.41) is 1.02. The fraction of sp³-hybridized carbons (Fsp3) is 0.261. The van der Waals surface area contributed by atoms with Crippen LogP contribution in [0.2, 0.25) is 0 Å². The van der Waals surface area contributed by atoms with Crippen LogP contribution in [0.25, 0.3) is 10.9 Å². The average Bonchev–Trinajstić information content (AvgIpc) is 2.78. The predicted molar refractivity (Wildman–Crippen MR) is 108 cm³/mol. The minimum atomic E-state index is -0.0684. The van der Waals surface area contributed by atoms with Crippen molar-refractivity contribution in [3.8, 4) is 5.75 Å². The van der Waals surface area contributed by atoms with Gasteiger partial charge in [0.25, 0.3) is 5.91 Å². The van der Waals surface area contributed by atoms with Gasteiger partial charge in [-0.1, -0.05) is 24.3 Å². The molecule has 0 bridgehead atoms. The maximum Gasteiger partial charge on any atom is 0.272 e. The minimum absolute atomic E-state index is 0.0537. The molecule has 0 unspecified atom stereocenters. The molecule has 1 fully saturated rings. The van der Waals surface area contributed by atoms with Crippen LogP contribution in [0.1, 0.15) is 33.7 Å². The molecule has 28 heavy (non-hydrogen) atoms. The quantitative estimate of drug-likeness (QED) is 0.648. The van der Waals surface area contributed by atoms with E-state index in [4.69, 9.17) is 4.74 Å². The highest BCUT2D eigenvalue weighted by atomic mass is 16.5. The Labute approximate surface area is 163 Å². The van der Waals surface area contributed by atoms with Crippen molar-refractivity contribution >= 4 is 22.6 Å². The van der Waals surface area contributed by atoms with Crippen LogP contribution in [0.5, 0.6) is 5.75 Å². The number of ether oxygens (including phenoxy) is 1. The summed E-state index contributed by atoms with van der Waals surface area (Å²) >= 11 is 0. The molecule has 5 heteroatoms. The van der Waals surface area contributed by atoms with Crippen LogP contribution >= 0.6 is 0 Å². The summed E-state index contributed by atoms with van der Waals surface area (Å²) in [6, 6.07) is 18.7. The maximum absolute atomic E-state index is 12.8. The van der Waals surface area contributed by atoms with Crippen molar-refractivity contribution < 1.29 is 14.3 Å². The van der Waals surface area contributed by atoms with Gasteiger partial charge in [0.15, 0.2) is 5.78 Å². The average molecular weight is 374 g/mol. The molecule has 0 radical (unpaired) electrons. The van der Waals surface area contributed by atoms with Crippen molar-refractivity contribution in [1.29, 1.82) is 0 Å². The summed E-state index contributed by atoms with van der Waals surface area (Å²) < 4.78 is 5.14. The number of benzene rings is 2. The summed E-state index contributed by atoms with van der Waals surface area (Å²) in [5.74, 6) is 0.751. The van der Waals surface area contributed by atoms with Crippen molar-refractivity contribution in [3.05, 3.63) is 71.9 Å². The van der Waals surface area contributed by atoms with Crippen molar-refractivity contribution in [2.75, 3.05) is 20.2 Å². The first-order valence-electron chi connectivity index (χ1n) is 9.49. The zero-order valence-corrected chi connectivity index (χ0v) is 15.8. The number of para-hydroxylation sites is 1. The molecule has 0 saturated carbocycles. The second-order valence-corrected chi connectivity index (χ2v) is 7.05. The summed E-state index contributed by atoms with van der Waals surface area (Å²) in [6.45, 7) is 1.14. The summed E-state index contributed by atoms with van der Waals surface area (Å²) in [6.07, 6.45) is 1.34. The molecule has 142 valence electrons. The molecular weight excluding hydrogens is 352 g/mol. The Kier molecular flexibility index (Phi) is 5.06. The lowest BCUT2D eigenvalue weighted by molar-refractivity contribution is 0.0646. The van der Waals surface area contributed by atoms with E-state index in [-0.39, 0.29) is 17.6 Å². The van der Waals surface area contributed by atoms with Crippen LogP contribution in [0.15, 0.2) is 60.7 Å². The molecule has 1 amide bonds. The largest absolute Gasteiger partial charge is 0.497 e. The number of fused-ring (bicyclic) bond motifs is 1. The highest BCUT2D eigenvalue weighted by Crippen LogP contribution is 2.24. The Morgan fingerprint density at radius 1 is 0.964 bits per heavy atom. The van der Waals surface area contributed by atoms with Crippen LogP contribution in [-0.4, -0.2) is 41.8 Å². The van der Waals surface area contributed by atoms with Crippen LogP contribution in [0.4, 0.5) is 0 Å². The molecule has 1 aromatic heterocycles. The smallest absolute Gasteiger partial charge is 0.272 e. The van der Waals surface area contributed by atoms with E-state index in [0.717, 1.165) is 16.7 Å². The molecule has 1 aliphatic rings. The lowest BCUT2D eigenvalue weighted by atomic mass is 9.88. The first-order valence-corrected chi connectivity index (χ1v) is 9.49. The maximum atomic E-state index is 12.8. The second-order valence-electron chi connectivity index (χ2n) is 7.05. The molecule has 0 N–H and O–H groups in total. The lowest BCUT2D eigenvalue weighted by Crippen LogP contribution is -2.40. The lowest BCUT2D eigenvalue weighted by Gasteiger charge is -2.31. The Hall–Kier alpha value is -3.21. The minimum Gasteiger partial charge on any atom is -0.497 e. The fourth-order valence-corrected chi connectivity index (χ4v) is 3.68. The summed E-state index contributed by atoms with van der Waals surface area (Å²) in [7, 11) is 1.61. The van der Waals surface area contributed by atoms with Crippen LogP contribution in [-0.2, 0) is 0 Å². The number of amides is 1. The molecule has 0 aliphatic carbocycles. The number of Topliss-reactive ketones (excluding diaryl/α,β-unsaturated/α-hetero) is 1. The van der Waals surface area contributed by atoms with Gasteiger partial charge in [0.1, 0.15) is 11.4 Å². The Morgan fingerprint density at radius 2 is 1.68 bits per heavy atom. The van der Waals surface area contributed by atoms with Crippen molar-refractivity contribution in [2.24, 2.45) is 5.92 Å². The van der Waals surface area contributed by atoms with Gasteiger partial charge in [-0.15, -0.1) is 0 Å². The van der Waals surface area contributed by atoms with Gasteiger partial charge < -0.3 is 9.64 Å². The molecule has 0 atom stereocenters. The Balaban J connectivity index is 1.41. The third kappa shape index (κ3) is 3.60. The number of carbonyl (C=O) groups excluding carboxylic acids is 2. The van der Waals surface area contributed by atoms with Crippen molar-refractivity contribution in [2.45, 2.75) is 12.8 Å². The summed E-state index contributed by atoms with van der Waals surface area (Å²) in [4.78, 5) is 31.9. The Morgan fingerprint density at radius 3 is 2.39 bits per heavy atom. The van der Waals surface area contributed by atoms with Crippen molar-refractivity contribution in [1.82, 2.24) is 9.88 Å². The topological polar surface area (TPSA) is 59.5 Å². The molecule has 4 rings (SSSR count). The van der Waals surface area contributed by atoms with Gasteiger partial charge in [0.05, 0.1) is 12.6 Å². The van der Waals surface area contributed by atoms with E-state index in [1.54, 1.807) is 42.3 Å². The number of hydrogen-bond acceptors (Lipinski definition) is 4. The van der Waals surface area contributed by atoms with E-state index >= 15 is 0 Å². The van der Waals surface area contributed by atoms with E-state index in [1.165, 1.54) is 0 Å². The molecule has 0 spiro atoms. The zero-order chi connectivity index (χ0) is 19.5. The second kappa shape index (κ2) is 7.80. The number of hydrogen-bond donors (Lipinski definition) is 0. The Bertz CT molecular complexity index is 1010. The van der Waals surface area contributed by atoms with Crippen molar-refractivity contribution in [3.63, 3.8) is 0 Å². The van der Waals surface area contributed by atoms with E-state index in [0.29, 0.717) is 37.2 Å². The van der Waals surface area contributed by atoms with Gasteiger partial charge in [-0.2, -0.15) is 0 Å². The number of methoxy groups -OCH3 is 1. The molecule has 5 nitrogen and oxygen atoms in total. The highest BCUT2D eigenvalue weighted by Gasteiger charge is 2.28.